The van der Waals surface area contributed by atoms with Crippen LogP contribution in [0.2, 0.25) is 0 Å². The third-order valence-electron chi connectivity index (χ3n) is 6.45. The van der Waals surface area contributed by atoms with Gasteiger partial charge in [-0.15, -0.1) is 0 Å². The molecule has 2 N–H and O–H groups in total. The van der Waals surface area contributed by atoms with Crippen molar-refractivity contribution in [1.29, 1.82) is 0 Å². The van der Waals surface area contributed by atoms with E-state index >= 15 is 0 Å². The van der Waals surface area contributed by atoms with Crippen molar-refractivity contribution < 1.29 is 40.7 Å². The molecule has 7 nitrogen and oxygen atoms in total. The molecule has 2 amide bonds. The zero-order valence-electron chi connectivity index (χ0n) is 22.1. The zero-order valence-corrected chi connectivity index (χ0v) is 22.1. The Labute approximate surface area is 223 Å². The van der Waals surface area contributed by atoms with Gasteiger partial charge in [-0.3, -0.25) is 9.69 Å². The minimum atomic E-state index is -4.95. The lowest BCUT2D eigenvalue weighted by Crippen LogP contribution is -2.49. The highest BCUT2D eigenvalue weighted by molar-refractivity contribution is 5.84. The Balaban J connectivity index is 1.49. The molecule has 2 heterocycles. The first-order valence-electron chi connectivity index (χ1n) is 12.7. The predicted molar refractivity (Wildman–Crippen MR) is 132 cm³/mol. The van der Waals surface area contributed by atoms with Crippen LogP contribution in [0.3, 0.4) is 0 Å². The first-order chi connectivity index (χ1) is 18.0. The molecule has 0 bridgehead atoms. The van der Waals surface area contributed by atoms with E-state index in [1.807, 2.05) is 4.90 Å². The van der Waals surface area contributed by atoms with E-state index in [4.69, 9.17) is 4.74 Å². The van der Waals surface area contributed by atoms with Crippen molar-refractivity contribution in [2.24, 2.45) is 0 Å². The summed E-state index contributed by atoms with van der Waals surface area (Å²) in [6, 6.07) is 0.613. The fourth-order valence-corrected chi connectivity index (χ4v) is 4.50. The Hall–Kier alpha value is -2.80. The van der Waals surface area contributed by atoms with Crippen LogP contribution >= 0.6 is 0 Å². The molecule has 1 aromatic carbocycles. The Kier molecular flexibility index (Phi) is 9.58. The number of carbonyl (C=O) groups is 2. The van der Waals surface area contributed by atoms with E-state index in [9.17, 15) is 35.9 Å². The molecule has 0 aromatic heterocycles. The van der Waals surface area contributed by atoms with Crippen molar-refractivity contribution in [2.75, 3.05) is 32.7 Å². The first-order valence-corrected chi connectivity index (χ1v) is 12.7. The summed E-state index contributed by atoms with van der Waals surface area (Å²) in [6.07, 6.45) is -5.39. The molecule has 39 heavy (non-hydrogen) atoms. The molecule has 3 rings (SSSR count). The van der Waals surface area contributed by atoms with E-state index in [2.05, 4.69) is 15.5 Å². The highest BCUT2D eigenvalue weighted by Gasteiger charge is 2.37. The lowest BCUT2D eigenvalue weighted by Gasteiger charge is -2.34. The quantitative estimate of drug-likeness (QED) is 0.375. The molecule has 2 aliphatic rings. The van der Waals surface area contributed by atoms with E-state index < -0.39 is 53.7 Å². The molecule has 0 radical (unpaired) electrons. The number of halogens is 6. The number of ether oxygens (including phenoxy) is 1. The number of alkyl halides is 6. The molecule has 1 aromatic rings. The molecule has 13 heteroatoms. The van der Waals surface area contributed by atoms with Crippen molar-refractivity contribution in [3.63, 3.8) is 0 Å². The molecule has 0 unspecified atom stereocenters. The number of rotatable bonds is 7. The second-order valence-corrected chi connectivity index (χ2v) is 10.8. The summed E-state index contributed by atoms with van der Waals surface area (Å²) in [5.74, 6) is -0.505. The van der Waals surface area contributed by atoms with E-state index in [1.54, 1.807) is 32.9 Å². The van der Waals surface area contributed by atoms with Gasteiger partial charge in [0.05, 0.1) is 11.1 Å². The first kappa shape index (κ1) is 30.7. The van der Waals surface area contributed by atoms with E-state index in [1.165, 1.54) is 0 Å². The number of hydrogen-bond donors (Lipinski definition) is 2. The van der Waals surface area contributed by atoms with Crippen LogP contribution in [0.25, 0.3) is 0 Å². The predicted octanol–water partition coefficient (Wildman–Crippen LogP) is 4.57. The minimum Gasteiger partial charge on any atom is -0.444 e. The number of nitrogens with zero attached hydrogens (tertiary/aromatic N) is 2. The maximum atomic E-state index is 13.1. The number of benzene rings is 1. The monoisotopic (exact) mass is 564 g/mol. The van der Waals surface area contributed by atoms with Gasteiger partial charge in [0.2, 0.25) is 5.91 Å². The second-order valence-electron chi connectivity index (χ2n) is 10.8. The number of likely N-dealkylation sites (tertiary alicyclic amines) is 1. The van der Waals surface area contributed by atoms with Gasteiger partial charge in [0.25, 0.3) is 0 Å². The van der Waals surface area contributed by atoms with Crippen molar-refractivity contribution >= 4 is 12.0 Å². The van der Waals surface area contributed by atoms with Crippen LogP contribution in [0.4, 0.5) is 31.1 Å². The number of amides is 2. The Bertz CT molecular complexity index is 1010. The summed E-state index contributed by atoms with van der Waals surface area (Å²) in [7, 11) is 0. The third-order valence-corrected chi connectivity index (χ3v) is 6.45. The topological polar surface area (TPSA) is 73.9 Å². The fourth-order valence-electron chi connectivity index (χ4n) is 4.50. The molecule has 1 saturated heterocycles. The second kappa shape index (κ2) is 12.2. The van der Waals surface area contributed by atoms with Crippen LogP contribution in [0.15, 0.2) is 30.4 Å². The summed E-state index contributed by atoms with van der Waals surface area (Å²) in [5, 5.41) is 5.35. The van der Waals surface area contributed by atoms with Gasteiger partial charge in [-0.05, 0) is 57.4 Å². The zero-order chi connectivity index (χ0) is 29.0. The van der Waals surface area contributed by atoms with Crippen LogP contribution in [0, 0.1) is 0 Å². The van der Waals surface area contributed by atoms with Crippen LogP contribution < -0.4 is 10.6 Å². The SMILES string of the molecule is CC(C)(C)OC(=O)NC1CCN(CCN2CC=C[C@H]2C(=O)NCc2cc(C(F)(F)F)cc(C(F)(F)F)c2)CC1. The number of nitrogens with one attached hydrogen (secondary N) is 2. The van der Waals surface area contributed by atoms with Crippen molar-refractivity contribution in [3.8, 4) is 0 Å². The molecule has 0 aliphatic carbocycles. The van der Waals surface area contributed by atoms with Gasteiger partial charge in [0, 0.05) is 45.3 Å². The van der Waals surface area contributed by atoms with Gasteiger partial charge < -0.3 is 20.3 Å². The van der Waals surface area contributed by atoms with Crippen LogP contribution in [0.1, 0.15) is 50.3 Å². The lowest BCUT2D eigenvalue weighted by atomic mass is 10.0. The summed E-state index contributed by atoms with van der Waals surface area (Å²) < 4.78 is 83.9. The largest absolute Gasteiger partial charge is 0.444 e. The number of carbonyl (C=O) groups excluding carboxylic acids is 2. The van der Waals surface area contributed by atoms with Crippen LogP contribution in [-0.2, 0) is 28.4 Å². The van der Waals surface area contributed by atoms with Gasteiger partial charge in [0.15, 0.2) is 0 Å². The summed E-state index contributed by atoms with van der Waals surface area (Å²) in [4.78, 5) is 28.8. The van der Waals surface area contributed by atoms with Gasteiger partial charge in [-0.1, -0.05) is 12.2 Å². The maximum Gasteiger partial charge on any atom is 0.416 e. The van der Waals surface area contributed by atoms with Gasteiger partial charge in [-0.2, -0.15) is 26.3 Å². The molecule has 0 spiro atoms. The highest BCUT2D eigenvalue weighted by Crippen LogP contribution is 2.36. The van der Waals surface area contributed by atoms with Crippen molar-refractivity contribution in [2.45, 2.75) is 70.2 Å². The summed E-state index contributed by atoms with van der Waals surface area (Å²) >= 11 is 0. The number of alkyl carbamates (subject to hydrolysis) is 1. The molecule has 218 valence electrons. The smallest absolute Gasteiger partial charge is 0.416 e. The lowest BCUT2D eigenvalue weighted by molar-refractivity contribution is -0.143. The fraction of sp³-hybridized carbons (Fsp3) is 0.615. The minimum absolute atomic E-state index is 0.0109. The standard InChI is InChI=1S/C26H34F6N4O3/c1-24(2,3)39-23(38)34-20-6-9-35(10-7-20)11-12-36-8-4-5-21(36)22(37)33-16-17-13-18(25(27,28)29)15-19(14-17)26(30,31)32/h4-5,13-15,20-21H,6-12,16H2,1-3H3,(H,33,37)(H,34,38)/t21-/m0/s1. The van der Waals surface area contributed by atoms with E-state index in [0.29, 0.717) is 31.8 Å². The molecular weight excluding hydrogens is 530 g/mol. The Morgan fingerprint density at radius 3 is 2.08 bits per heavy atom. The van der Waals surface area contributed by atoms with Crippen molar-refractivity contribution in [3.05, 3.63) is 47.0 Å². The normalized spacial score (nSPS) is 19.8. The van der Waals surface area contributed by atoms with Gasteiger partial charge in [0.1, 0.15) is 11.6 Å². The molecule has 1 atom stereocenters. The number of piperidine rings is 1. The van der Waals surface area contributed by atoms with Gasteiger partial charge >= 0.3 is 18.4 Å². The third kappa shape index (κ3) is 9.41. The van der Waals surface area contributed by atoms with Crippen LogP contribution in [0.5, 0.6) is 0 Å². The molecule has 2 aliphatic heterocycles. The Morgan fingerprint density at radius 2 is 1.54 bits per heavy atom. The summed E-state index contributed by atoms with van der Waals surface area (Å²) in [6.45, 7) is 8.11. The maximum absolute atomic E-state index is 13.1. The highest BCUT2D eigenvalue weighted by atomic mass is 19.4. The molecular formula is C26H34F6N4O3. The molecule has 1 fully saturated rings. The number of hydrogen-bond acceptors (Lipinski definition) is 5. The van der Waals surface area contributed by atoms with Crippen molar-refractivity contribution in [1.82, 2.24) is 20.4 Å². The van der Waals surface area contributed by atoms with Crippen LogP contribution in [-0.4, -0.2) is 72.2 Å². The van der Waals surface area contributed by atoms with E-state index in [0.717, 1.165) is 25.9 Å². The molecule has 0 saturated carbocycles. The summed E-state index contributed by atoms with van der Waals surface area (Å²) in [5.41, 5.74) is -3.71. The van der Waals surface area contributed by atoms with Gasteiger partial charge in [-0.25, -0.2) is 4.79 Å². The Morgan fingerprint density at radius 1 is 0.949 bits per heavy atom. The average Bonchev–Trinajstić information content (AvgIpc) is 3.28. The average molecular weight is 565 g/mol. The van der Waals surface area contributed by atoms with E-state index in [-0.39, 0.29) is 17.7 Å².